The van der Waals surface area contributed by atoms with E-state index in [1.807, 2.05) is 0 Å². The molecule has 7 heteroatoms. The van der Waals surface area contributed by atoms with E-state index in [9.17, 15) is 14.0 Å². The van der Waals surface area contributed by atoms with Crippen molar-refractivity contribution in [2.45, 2.75) is 6.92 Å². The molecule has 0 fully saturated rings. The highest BCUT2D eigenvalue weighted by Crippen LogP contribution is 2.14. The van der Waals surface area contributed by atoms with Crippen LogP contribution in [-0.2, 0) is 0 Å². The average Bonchev–Trinajstić information content (AvgIpc) is 2.73. The molecule has 2 amide bonds. The fourth-order valence-electron chi connectivity index (χ4n) is 2.50. The van der Waals surface area contributed by atoms with Gasteiger partial charge in [-0.15, -0.1) is 0 Å². The number of amides is 2. The number of nitrogens with one attached hydrogen (secondary N) is 2. The molecule has 0 saturated carbocycles. The van der Waals surface area contributed by atoms with Gasteiger partial charge in [-0.3, -0.25) is 9.59 Å². The van der Waals surface area contributed by atoms with Gasteiger partial charge < -0.3 is 5.32 Å². The Morgan fingerprint density at radius 1 is 0.862 bits per heavy atom. The summed E-state index contributed by atoms with van der Waals surface area (Å²) in [6.07, 6.45) is 0. The predicted molar refractivity (Wildman–Crippen MR) is 112 cm³/mol. The molecule has 146 valence electrons. The van der Waals surface area contributed by atoms with E-state index in [1.54, 1.807) is 61.5 Å². The first kappa shape index (κ1) is 20.2. The van der Waals surface area contributed by atoms with Gasteiger partial charge in [0.25, 0.3) is 11.8 Å². The quantitative estimate of drug-likeness (QED) is 0.465. The summed E-state index contributed by atoms with van der Waals surface area (Å²) >= 11 is 5.82. The van der Waals surface area contributed by atoms with E-state index in [0.717, 1.165) is 5.56 Å². The number of hydrazone groups is 1. The Labute approximate surface area is 172 Å². The predicted octanol–water partition coefficient (Wildman–Crippen LogP) is 4.89. The Kier molecular flexibility index (Phi) is 6.36. The zero-order valence-electron chi connectivity index (χ0n) is 15.4. The van der Waals surface area contributed by atoms with Crippen LogP contribution < -0.4 is 10.7 Å². The van der Waals surface area contributed by atoms with Gasteiger partial charge in [0.2, 0.25) is 0 Å². The topological polar surface area (TPSA) is 70.6 Å². The second kappa shape index (κ2) is 9.12. The summed E-state index contributed by atoms with van der Waals surface area (Å²) in [6, 6.07) is 19.2. The summed E-state index contributed by atoms with van der Waals surface area (Å²) in [5.41, 5.74) is 4.63. The molecule has 0 bridgehead atoms. The van der Waals surface area contributed by atoms with Crippen molar-refractivity contribution in [1.82, 2.24) is 5.43 Å². The van der Waals surface area contributed by atoms with E-state index in [2.05, 4.69) is 15.8 Å². The number of benzene rings is 3. The van der Waals surface area contributed by atoms with Gasteiger partial charge in [-0.25, -0.2) is 9.82 Å². The Morgan fingerprint density at radius 2 is 1.48 bits per heavy atom. The van der Waals surface area contributed by atoms with Gasteiger partial charge in [-0.1, -0.05) is 35.9 Å². The number of carbonyl (C=O) groups is 2. The Morgan fingerprint density at radius 3 is 2.14 bits per heavy atom. The van der Waals surface area contributed by atoms with E-state index in [4.69, 9.17) is 11.6 Å². The number of hydrogen-bond acceptors (Lipinski definition) is 3. The summed E-state index contributed by atoms with van der Waals surface area (Å²) in [6.45, 7) is 1.71. The molecular weight excluding hydrogens is 393 g/mol. The third-order valence-corrected chi connectivity index (χ3v) is 4.36. The van der Waals surface area contributed by atoms with Crippen LogP contribution in [0.1, 0.15) is 33.2 Å². The Balaban J connectivity index is 1.63. The van der Waals surface area contributed by atoms with Crippen LogP contribution in [0.25, 0.3) is 0 Å². The second-order valence-electron chi connectivity index (χ2n) is 6.16. The van der Waals surface area contributed by atoms with Crippen LogP contribution >= 0.6 is 11.6 Å². The molecule has 29 heavy (non-hydrogen) atoms. The molecule has 0 heterocycles. The molecule has 2 N–H and O–H groups in total. The van der Waals surface area contributed by atoms with Gasteiger partial charge in [0.15, 0.2) is 0 Å². The van der Waals surface area contributed by atoms with Crippen LogP contribution in [0.15, 0.2) is 77.9 Å². The lowest BCUT2D eigenvalue weighted by atomic mass is 10.1. The highest BCUT2D eigenvalue weighted by atomic mass is 35.5. The number of rotatable bonds is 5. The normalized spacial score (nSPS) is 11.1. The molecule has 3 aromatic carbocycles. The van der Waals surface area contributed by atoms with Crippen LogP contribution in [-0.4, -0.2) is 17.5 Å². The van der Waals surface area contributed by atoms with Crippen molar-refractivity contribution in [2.75, 3.05) is 5.32 Å². The van der Waals surface area contributed by atoms with Crippen LogP contribution in [0.5, 0.6) is 0 Å². The van der Waals surface area contributed by atoms with Gasteiger partial charge in [-0.2, -0.15) is 5.10 Å². The molecule has 3 rings (SSSR count). The number of hydrogen-bond donors (Lipinski definition) is 2. The van der Waals surface area contributed by atoms with Crippen molar-refractivity contribution in [3.63, 3.8) is 0 Å². The smallest absolute Gasteiger partial charge is 0.274 e. The molecular formula is C22H17ClFN3O2. The van der Waals surface area contributed by atoms with Crippen LogP contribution in [0, 0.1) is 5.82 Å². The molecule has 0 aliphatic rings. The third kappa shape index (κ3) is 5.27. The van der Waals surface area contributed by atoms with Crippen molar-refractivity contribution in [1.29, 1.82) is 0 Å². The van der Waals surface area contributed by atoms with E-state index < -0.39 is 11.7 Å². The third-order valence-electron chi connectivity index (χ3n) is 4.11. The minimum Gasteiger partial charge on any atom is -0.322 e. The maximum Gasteiger partial charge on any atom is 0.274 e. The first-order chi connectivity index (χ1) is 13.9. The summed E-state index contributed by atoms with van der Waals surface area (Å²) in [5.74, 6) is -1.50. The molecule has 0 aromatic heterocycles. The summed E-state index contributed by atoms with van der Waals surface area (Å²) in [4.78, 5) is 24.2. The number of carbonyl (C=O) groups excluding carboxylic acids is 2. The summed E-state index contributed by atoms with van der Waals surface area (Å²) in [7, 11) is 0. The van der Waals surface area contributed by atoms with Crippen LogP contribution in [0.4, 0.5) is 10.1 Å². The largest absolute Gasteiger partial charge is 0.322 e. The van der Waals surface area contributed by atoms with E-state index >= 15 is 0 Å². The number of halogens is 2. The van der Waals surface area contributed by atoms with E-state index in [-0.39, 0.29) is 11.5 Å². The minimum absolute atomic E-state index is 0.0793. The first-order valence-corrected chi connectivity index (χ1v) is 9.08. The molecule has 0 saturated heterocycles. The zero-order chi connectivity index (χ0) is 20.8. The SMILES string of the molecule is CC(=NNC(=O)c1ccccc1F)c1ccc(NC(=O)c2ccc(Cl)cc2)cc1. The lowest BCUT2D eigenvalue weighted by molar-refractivity contribution is 0.0950. The number of nitrogens with zero attached hydrogens (tertiary/aromatic N) is 1. The molecule has 3 aromatic rings. The van der Waals surface area contributed by atoms with E-state index in [1.165, 1.54) is 18.2 Å². The van der Waals surface area contributed by atoms with Gasteiger partial charge in [0.1, 0.15) is 5.82 Å². The standard InChI is InChI=1S/C22H17ClFN3O2/c1-14(26-27-22(29)19-4-2-3-5-20(19)24)15-8-12-18(13-9-15)25-21(28)16-6-10-17(23)11-7-16/h2-13H,1H3,(H,25,28)(H,27,29). The maximum atomic E-state index is 13.6. The minimum atomic E-state index is -0.630. The summed E-state index contributed by atoms with van der Waals surface area (Å²) < 4.78 is 13.6. The fourth-order valence-corrected chi connectivity index (χ4v) is 2.63. The molecule has 5 nitrogen and oxygen atoms in total. The molecule has 0 aliphatic heterocycles. The molecule has 0 spiro atoms. The molecule has 0 unspecified atom stereocenters. The second-order valence-corrected chi connectivity index (χ2v) is 6.59. The average molecular weight is 410 g/mol. The van der Waals surface area contributed by atoms with Crippen LogP contribution in [0.2, 0.25) is 5.02 Å². The van der Waals surface area contributed by atoms with Crippen molar-refractivity contribution >= 4 is 34.8 Å². The Hall–Kier alpha value is -3.51. The highest BCUT2D eigenvalue weighted by Gasteiger charge is 2.10. The van der Waals surface area contributed by atoms with Crippen molar-refractivity contribution < 1.29 is 14.0 Å². The number of anilines is 1. The molecule has 0 atom stereocenters. The lowest BCUT2D eigenvalue weighted by Crippen LogP contribution is -2.20. The lowest BCUT2D eigenvalue weighted by Gasteiger charge is -2.07. The molecule has 0 aliphatic carbocycles. The highest BCUT2D eigenvalue weighted by molar-refractivity contribution is 6.30. The van der Waals surface area contributed by atoms with Gasteiger partial charge >= 0.3 is 0 Å². The fraction of sp³-hybridized carbons (Fsp3) is 0.0455. The van der Waals surface area contributed by atoms with Crippen molar-refractivity contribution in [2.24, 2.45) is 5.10 Å². The van der Waals surface area contributed by atoms with Gasteiger partial charge in [0.05, 0.1) is 11.3 Å². The van der Waals surface area contributed by atoms with Crippen molar-refractivity contribution in [3.05, 3.63) is 100 Å². The Bertz CT molecular complexity index is 1060. The molecule has 0 radical (unpaired) electrons. The van der Waals surface area contributed by atoms with Gasteiger partial charge in [-0.05, 0) is 61.0 Å². The van der Waals surface area contributed by atoms with Crippen LogP contribution in [0.3, 0.4) is 0 Å². The van der Waals surface area contributed by atoms with Crippen molar-refractivity contribution in [3.8, 4) is 0 Å². The monoisotopic (exact) mass is 409 g/mol. The summed E-state index contributed by atoms with van der Waals surface area (Å²) in [5, 5.41) is 7.36. The van der Waals surface area contributed by atoms with E-state index in [0.29, 0.717) is 22.0 Å². The van der Waals surface area contributed by atoms with Gasteiger partial charge in [0, 0.05) is 16.3 Å². The first-order valence-electron chi connectivity index (χ1n) is 8.70. The maximum absolute atomic E-state index is 13.6. The zero-order valence-corrected chi connectivity index (χ0v) is 16.2.